The van der Waals surface area contributed by atoms with Crippen LogP contribution in [0.5, 0.6) is 0 Å². The first-order valence-electron chi connectivity index (χ1n) is 10.3. The van der Waals surface area contributed by atoms with Gasteiger partial charge in [0.05, 0.1) is 17.1 Å². The van der Waals surface area contributed by atoms with Gasteiger partial charge in [0.25, 0.3) is 0 Å². The lowest BCUT2D eigenvalue weighted by Crippen LogP contribution is -2.69. The number of Topliss-reactive ketones (excluding diaryl/α,β-unsaturated/α-hetero) is 1. The molecule has 4 fully saturated rings. The molecule has 2 heterocycles. The Hall–Kier alpha value is -1.96. The molecule has 1 aromatic rings. The van der Waals surface area contributed by atoms with Crippen molar-refractivity contribution in [1.82, 2.24) is 0 Å². The quantitative estimate of drug-likeness (QED) is 0.314. The van der Waals surface area contributed by atoms with Gasteiger partial charge in [0, 0.05) is 12.3 Å². The summed E-state index contributed by atoms with van der Waals surface area (Å²) in [4.78, 5) is 24.9. The Morgan fingerprint density at radius 3 is 2.50 bits per heavy atom. The molecule has 0 radical (unpaired) electrons. The van der Waals surface area contributed by atoms with Gasteiger partial charge >= 0.3 is 5.97 Å². The standard InChI is InChI=1S/C21H24O11/c22-11-6-12-20(8-29-16(26)9-4-2-1-3-5-9)10(11)7-21(20,28)19(30-12)32-18-15(25)13(23)14(24)17(27)31-18/h1-5,10,12-15,17-19,23-25,27-28H,6-8H2/t10-,12?,13-,14-,15+,17-,18+,19+,20-,21-/m0/s1. The second kappa shape index (κ2) is 7.54. The van der Waals surface area contributed by atoms with Crippen LogP contribution in [0.1, 0.15) is 23.2 Å². The highest BCUT2D eigenvalue weighted by atomic mass is 16.8. The summed E-state index contributed by atoms with van der Waals surface area (Å²) < 4.78 is 21.8. The number of benzene rings is 1. The van der Waals surface area contributed by atoms with Gasteiger partial charge in [-0.1, -0.05) is 18.2 Å². The molecule has 0 amide bonds. The molecule has 0 bridgehead atoms. The summed E-state index contributed by atoms with van der Waals surface area (Å²) in [5, 5.41) is 50.8. The molecule has 32 heavy (non-hydrogen) atoms. The van der Waals surface area contributed by atoms with Crippen LogP contribution in [-0.4, -0.2) is 92.8 Å². The van der Waals surface area contributed by atoms with Crippen molar-refractivity contribution in [3.8, 4) is 0 Å². The predicted molar refractivity (Wildman–Crippen MR) is 100 cm³/mol. The summed E-state index contributed by atoms with van der Waals surface area (Å²) in [6, 6.07) is 8.27. The molecule has 0 aromatic heterocycles. The van der Waals surface area contributed by atoms with Gasteiger partial charge in [0.2, 0.25) is 0 Å². The Kier molecular flexibility index (Phi) is 5.15. The van der Waals surface area contributed by atoms with E-state index in [0.29, 0.717) is 5.56 Å². The number of ether oxygens (including phenoxy) is 4. The van der Waals surface area contributed by atoms with Crippen LogP contribution in [0.25, 0.3) is 0 Å². The molecule has 2 aliphatic carbocycles. The number of carbonyl (C=O) groups excluding carboxylic acids is 2. The van der Waals surface area contributed by atoms with Gasteiger partial charge in [-0.3, -0.25) is 4.79 Å². The van der Waals surface area contributed by atoms with Gasteiger partial charge in [-0.25, -0.2) is 4.79 Å². The Balaban J connectivity index is 1.35. The maximum absolute atomic E-state index is 12.4. The third-order valence-electron chi connectivity index (χ3n) is 7.22. The van der Waals surface area contributed by atoms with Crippen LogP contribution in [0.3, 0.4) is 0 Å². The number of esters is 1. The molecule has 2 aliphatic heterocycles. The molecule has 2 saturated heterocycles. The third-order valence-corrected chi connectivity index (χ3v) is 7.22. The zero-order valence-corrected chi connectivity index (χ0v) is 16.8. The normalized spacial score (nSPS) is 47.1. The van der Waals surface area contributed by atoms with E-state index in [4.69, 9.17) is 18.9 Å². The molecule has 2 saturated carbocycles. The zero-order valence-electron chi connectivity index (χ0n) is 16.8. The first kappa shape index (κ1) is 21.9. The van der Waals surface area contributed by atoms with Crippen LogP contribution < -0.4 is 0 Å². The molecular formula is C21H24O11. The minimum absolute atomic E-state index is 0.00618. The highest BCUT2D eigenvalue weighted by Crippen LogP contribution is 2.69. The topological polar surface area (TPSA) is 172 Å². The number of hydrogen-bond acceptors (Lipinski definition) is 11. The lowest BCUT2D eigenvalue weighted by molar-refractivity contribution is -0.381. The average molecular weight is 452 g/mol. The van der Waals surface area contributed by atoms with Crippen LogP contribution >= 0.6 is 0 Å². The first-order chi connectivity index (χ1) is 15.2. The van der Waals surface area contributed by atoms with E-state index in [1.807, 2.05) is 0 Å². The van der Waals surface area contributed by atoms with Crippen molar-refractivity contribution in [3.05, 3.63) is 35.9 Å². The highest BCUT2D eigenvalue weighted by Gasteiger charge is 2.82. The van der Waals surface area contributed by atoms with E-state index in [9.17, 15) is 35.1 Å². The van der Waals surface area contributed by atoms with E-state index >= 15 is 0 Å². The highest BCUT2D eigenvalue weighted by molar-refractivity contribution is 5.90. The monoisotopic (exact) mass is 452 g/mol. The van der Waals surface area contributed by atoms with Crippen LogP contribution in [0.2, 0.25) is 0 Å². The number of aliphatic hydroxyl groups excluding tert-OH is 4. The van der Waals surface area contributed by atoms with Gasteiger partial charge in [0.15, 0.2) is 18.9 Å². The second-order valence-electron chi connectivity index (χ2n) is 8.79. The number of aliphatic hydroxyl groups is 5. The predicted octanol–water partition coefficient (Wildman–Crippen LogP) is -1.95. The molecule has 1 unspecified atom stereocenters. The fourth-order valence-electron chi connectivity index (χ4n) is 5.38. The van der Waals surface area contributed by atoms with Gasteiger partial charge in [-0.2, -0.15) is 0 Å². The fourth-order valence-corrected chi connectivity index (χ4v) is 5.38. The van der Waals surface area contributed by atoms with Gasteiger partial charge in [-0.05, 0) is 18.6 Å². The van der Waals surface area contributed by atoms with Crippen molar-refractivity contribution < 1.29 is 54.1 Å². The van der Waals surface area contributed by atoms with Crippen molar-refractivity contribution in [1.29, 1.82) is 0 Å². The Bertz CT molecular complexity index is 908. The summed E-state index contributed by atoms with van der Waals surface area (Å²) in [5.41, 5.74) is -2.65. The summed E-state index contributed by atoms with van der Waals surface area (Å²) in [6.07, 6.45) is -10.9. The molecular weight excluding hydrogens is 428 g/mol. The largest absolute Gasteiger partial charge is 0.461 e. The molecule has 10 atom stereocenters. The summed E-state index contributed by atoms with van der Waals surface area (Å²) in [6.45, 7) is -0.282. The van der Waals surface area contributed by atoms with Crippen LogP contribution in [0.4, 0.5) is 0 Å². The average Bonchev–Trinajstić information content (AvgIpc) is 3.09. The van der Waals surface area contributed by atoms with E-state index in [1.54, 1.807) is 30.3 Å². The fraction of sp³-hybridized carbons (Fsp3) is 0.619. The SMILES string of the molecule is O=C(OC[C@@]12C3CC(=O)[C@@H]1C[C@]2(O)[C@@H](O[C@H]1O[C@H](O)[C@@H](O)[C@H](O)[C@H]1O)O3)c1ccccc1. The van der Waals surface area contributed by atoms with Gasteiger partial charge in [0.1, 0.15) is 36.3 Å². The Labute approximate surface area is 182 Å². The molecule has 0 spiro atoms. The van der Waals surface area contributed by atoms with Crippen LogP contribution in [-0.2, 0) is 23.7 Å². The first-order valence-corrected chi connectivity index (χ1v) is 10.3. The van der Waals surface area contributed by atoms with E-state index in [-0.39, 0.29) is 25.2 Å². The van der Waals surface area contributed by atoms with E-state index in [2.05, 4.69) is 0 Å². The lowest BCUT2D eigenvalue weighted by atomic mass is 9.51. The third kappa shape index (κ3) is 2.90. The van der Waals surface area contributed by atoms with E-state index in [1.165, 1.54) is 0 Å². The molecule has 11 heteroatoms. The minimum Gasteiger partial charge on any atom is -0.461 e. The van der Waals surface area contributed by atoms with Crippen LogP contribution in [0.15, 0.2) is 30.3 Å². The van der Waals surface area contributed by atoms with Crippen molar-refractivity contribution >= 4 is 11.8 Å². The Morgan fingerprint density at radius 1 is 1.06 bits per heavy atom. The number of rotatable bonds is 5. The Morgan fingerprint density at radius 2 is 1.78 bits per heavy atom. The van der Waals surface area contributed by atoms with Crippen molar-refractivity contribution in [2.75, 3.05) is 6.61 Å². The lowest BCUT2D eigenvalue weighted by Gasteiger charge is -2.55. The summed E-state index contributed by atoms with van der Waals surface area (Å²) >= 11 is 0. The van der Waals surface area contributed by atoms with Crippen molar-refractivity contribution in [2.45, 2.75) is 61.7 Å². The second-order valence-corrected chi connectivity index (χ2v) is 8.79. The van der Waals surface area contributed by atoms with Crippen LogP contribution in [0, 0.1) is 11.3 Å². The van der Waals surface area contributed by atoms with Crippen molar-refractivity contribution in [2.24, 2.45) is 11.3 Å². The van der Waals surface area contributed by atoms with E-state index in [0.717, 1.165) is 0 Å². The van der Waals surface area contributed by atoms with E-state index < -0.39 is 66.2 Å². The maximum atomic E-state index is 12.4. The zero-order chi connectivity index (χ0) is 22.8. The summed E-state index contributed by atoms with van der Waals surface area (Å²) in [7, 11) is 0. The number of carbonyl (C=O) groups is 2. The maximum Gasteiger partial charge on any atom is 0.338 e. The molecule has 174 valence electrons. The summed E-state index contributed by atoms with van der Waals surface area (Å²) in [5.74, 6) is -1.32. The van der Waals surface area contributed by atoms with Gasteiger partial charge < -0.3 is 44.5 Å². The molecule has 11 nitrogen and oxygen atoms in total. The van der Waals surface area contributed by atoms with Crippen molar-refractivity contribution in [3.63, 3.8) is 0 Å². The number of hydrogen-bond donors (Lipinski definition) is 5. The molecule has 4 aliphatic rings. The van der Waals surface area contributed by atoms with Gasteiger partial charge in [-0.15, -0.1) is 0 Å². The minimum atomic E-state index is -1.83. The number of ketones is 1. The molecule has 1 aromatic carbocycles. The smallest absolute Gasteiger partial charge is 0.338 e. The molecule has 5 rings (SSSR count). The molecule has 5 N–H and O–H groups in total.